The van der Waals surface area contributed by atoms with Crippen molar-refractivity contribution in [3.63, 3.8) is 0 Å². The minimum Gasteiger partial charge on any atom is -0.481 e. The minimum atomic E-state index is -0.704. The Morgan fingerprint density at radius 1 is 1.39 bits per heavy atom. The van der Waals surface area contributed by atoms with E-state index in [0.29, 0.717) is 0 Å². The predicted molar refractivity (Wildman–Crippen MR) is 70.9 cm³/mol. The number of aromatic nitrogens is 1. The fraction of sp³-hybridized carbons (Fsp3) is 0.400. The molecule has 1 saturated carbocycles. The van der Waals surface area contributed by atoms with Gasteiger partial charge in [0.25, 0.3) is 0 Å². The maximum Gasteiger partial charge on any atom is 0.304 e. The highest BCUT2D eigenvalue weighted by Gasteiger charge is 2.47. The molecule has 18 heavy (non-hydrogen) atoms. The summed E-state index contributed by atoms with van der Waals surface area (Å²) in [7, 11) is 0. The summed E-state index contributed by atoms with van der Waals surface area (Å²) in [4.78, 5) is 14.4. The molecule has 1 fully saturated rings. The number of fused-ring (bicyclic) bond motifs is 1. The first-order valence-corrected chi connectivity index (χ1v) is 6.34. The molecule has 94 valence electrons. The summed E-state index contributed by atoms with van der Waals surface area (Å²) in [6, 6.07) is 6.22. The lowest BCUT2D eigenvalue weighted by molar-refractivity contribution is -0.137. The van der Waals surface area contributed by atoms with E-state index in [4.69, 9.17) is 5.11 Å². The van der Waals surface area contributed by atoms with Gasteiger partial charge in [-0.2, -0.15) is 0 Å². The quantitative estimate of drug-likeness (QED) is 0.869. The van der Waals surface area contributed by atoms with Gasteiger partial charge in [0, 0.05) is 22.0 Å². The van der Waals surface area contributed by atoms with Gasteiger partial charge in [-0.05, 0) is 37.8 Å². The number of aromatic amines is 1. The Morgan fingerprint density at radius 2 is 2.11 bits per heavy atom. The van der Waals surface area contributed by atoms with Gasteiger partial charge in [0.05, 0.1) is 6.42 Å². The molecule has 3 rings (SSSR count). The Balaban J connectivity index is 2.18. The normalized spacial score (nSPS) is 17.0. The Labute approximate surface area is 106 Å². The molecule has 0 bridgehead atoms. The van der Waals surface area contributed by atoms with Gasteiger partial charge in [-0.1, -0.05) is 18.2 Å². The van der Waals surface area contributed by atoms with Gasteiger partial charge < -0.3 is 10.1 Å². The van der Waals surface area contributed by atoms with Crippen LogP contribution in [0, 0.1) is 13.8 Å². The third-order valence-corrected chi connectivity index (χ3v) is 4.26. The number of hydrogen-bond donors (Lipinski definition) is 2. The predicted octanol–water partition coefficient (Wildman–Crippen LogP) is 3.29. The van der Waals surface area contributed by atoms with Crippen molar-refractivity contribution in [1.29, 1.82) is 0 Å². The molecule has 2 aromatic rings. The topological polar surface area (TPSA) is 53.1 Å². The summed E-state index contributed by atoms with van der Waals surface area (Å²) in [5, 5.41) is 10.3. The van der Waals surface area contributed by atoms with Gasteiger partial charge >= 0.3 is 5.97 Å². The van der Waals surface area contributed by atoms with Crippen molar-refractivity contribution < 1.29 is 9.90 Å². The van der Waals surface area contributed by atoms with Gasteiger partial charge in [0.2, 0.25) is 0 Å². The van der Waals surface area contributed by atoms with Crippen LogP contribution in [0.1, 0.15) is 36.1 Å². The number of rotatable bonds is 3. The van der Waals surface area contributed by atoms with E-state index >= 15 is 0 Å². The van der Waals surface area contributed by atoms with Gasteiger partial charge in [0.15, 0.2) is 0 Å². The first-order chi connectivity index (χ1) is 8.53. The van der Waals surface area contributed by atoms with E-state index in [2.05, 4.69) is 31.0 Å². The number of carboxylic acid groups (broad SMARTS) is 1. The summed E-state index contributed by atoms with van der Waals surface area (Å²) in [6.45, 7) is 4.17. The number of aliphatic carboxylic acids is 1. The molecule has 1 aromatic heterocycles. The third kappa shape index (κ3) is 1.54. The van der Waals surface area contributed by atoms with Crippen molar-refractivity contribution in [2.24, 2.45) is 0 Å². The molecule has 0 radical (unpaired) electrons. The van der Waals surface area contributed by atoms with E-state index in [-0.39, 0.29) is 11.8 Å². The van der Waals surface area contributed by atoms with Crippen molar-refractivity contribution in [2.45, 2.75) is 38.5 Å². The molecule has 0 amide bonds. The molecule has 0 saturated heterocycles. The molecular weight excluding hydrogens is 226 g/mol. The molecule has 2 N–H and O–H groups in total. The Morgan fingerprint density at radius 3 is 2.72 bits per heavy atom. The summed E-state index contributed by atoms with van der Waals surface area (Å²) in [6.07, 6.45) is 2.20. The standard InChI is InChI=1S/C15H17NO2/c1-9-10(2)16-14-11(9)4-3-5-12(14)15(6-7-15)8-13(17)18/h3-5,16H,6-8H2,1-2H3,(H,17,18). The van der Waals surface area contributed by atoms with Crippen LogP contribution in [0.3, 0.4) is 0 Å². The molecule has 0 spiro atoms. The summed E-state index contributed by atoms with van der Waals surface area (Å²) < 4.78 is 0. The second-order valence-corrected chi connectivity index (χ2v) is 5.45. The maximum absolute atomic E-state index is 11.0. The van der Waals surface area contributed by atoms with E-state index in [9.17, 15) is 4.79 Å². The number of para-hydroxylation sites is 1. The van der Waals surface area contributed by atoms with E-state index in [1.165, 1.54) is 22.2 Å². The van der Waals surface area contributed by atoms with Crippen LogP contribution < -0.4 is 0 Å². The van der Waals surface area contributed by atoms with Crippen LogP contribution in [0.2, 0.25) is 0 Å². The van der Waals surface area contributed by atoms with Gasteiger partial charge in [-0.3, -0.25) is 4.79 Å². The summed E-state index contributed by atoms with van der Waals surface area (Å²) in [5.41, 5.74) is 4.61. The second-order valence-electron chi connectivity index (χ2n) is 5.45. The fourth-order valence-corrected chi connectivity index (χ4v) is 2.91. The number of H-pyrrole nitrogens is 1. The SMILES string of the molecule is Cc1[nH]c2c(C3(CC(=O)O)CC3)cccc2c1C. The molecule has 3 heteroatoms. The molecule has 0 unspecified atom stereocenters. The molecule has 0 aliphatic heterocycles. The number of benzene rings is 1. The Hall–Kier alpha value is -1.77. The number of carbonyl (C=O) groups is 1. The van der Waals surface area contributed by atoms with E-state index in [1.54, 1.807) is 0 Å². The van der Waals surface area contributed by atoms with Crippen molar-refractivity contribution in [3.8, 4) is 0 Å². The van der Waals surface area contributed by atoms with Crippen LogP contribution in [-0.2, 0) is 10.2 Å². The lowest BCUT2D eigenvalue weighted by Crippen LogP contribution is -2.13. The van der Waals surface area contributed by atoms with Crippen molar-refractivity contribution in [3.05, 3.63) is 35.0 Å². The molecule has 1 heterocycles. The van der Waals surface area contributed by atoms with E-state index in [1.807, 2.05) is 6.07 Å². The van der Waals surface area contributed by atoms with Gasteiger partial charge in [-0.15, -0.1) is 0 Å². The highest BCUT2D eigenvalue weighted by atomic mass is 16.4. The van der Waals surface area contributed by atoms with Crippen LogP contribution in [0.4, 0.5) is 0 Å². The summed E-state index contributed by atoms with van der Waals surface area (Å²) >= 11 is 0. The largest absolute Gasteiger partial charge is 0.481 e. The molecule has 3 nitrogen and oxygen atoms in total. The second kappa shape index (κ2) is 3.61. The molecule has 1 aliphatic carbocycles. The smallest absolute Gasteiger partial charge is 0.304 e. The zero-order valence-corrected chi connectivity index (χ0v) is 10.7. The number of aryl methyl sites for hydroxylation is 2. The number of hydrogen-bond acceptors (Lipinski definition) is 1. The first-order valence-electron chi connectivity index (χ1n) is 6.34. The highest BCUT2D eigenvalue weighted by molar-refractivity contribution is 5.89. The number of carboxylic acids is 1. The fourth-order valence-electron chi connectivity index (χ4n) is 2.91. The Bertz CT molecular complexity index is 635. The van der Waals surface area contributed by atoms with Gasteiger partial charge in [-0.25, -0.2) is 0 Å². The average Bonchev–Trinajstić information content (AvgIpc) is 3.01. The van der Waals surface area contributed by atoms with Crippen molar-refractivity contribution >= 4 is 16.9 Å². The van der Waals surface area contributed by atoms with Crippen molar-refractivity contribution in [1.82, 2.24) is 4.98 Å². The van der Waals surface area contributed by atoms with E-state index < -0.39 is 5.97 Å². The number of nitrogens with one attached hydrogen (secondary N) is 1. The summed E-state index contributed by atoms with van der Waals surface area (Å²) in [5.74, 6) is -0.704. The zero-order chi connectivity index (χ0) is 12.9. The van der Waals surface area contributed by atoms with Crippen LogP contribution >= 0.6 is 0 Å². The molecule has 1 aromatic carbocycles. The van der Waals surface area contributed by atoms with Crippen LogP contribution in [-0.4, -0.2) is 16.1 Å². The molecule has 0 atom stereocenters. The monoisotopic (exact) mass is 243 g/mol. The first kappa shape index (κ1) is 11.3. The maximum atomic E-state index is 11.0. The van der Waals surface area contributed by atoms with Crippen molar-refractivity contribution in [2.75, 3.05) is 0 Å². The third-order valence-electron chi connectivity index (χ3n) is 4.26. The highest BCUT2D eigenvalue weighted by Crippen LogP contribution is 2.53. The lowest BCUT2D eigenvalue weighted by atomic mass is 9.90. The van der Waals surface area contributed by atoms with E-state index in [0.717, 1.165) is 18.4 Å². The van der Waals surface area contributed by atoms with Crippen LogP contribution in [0.25, 0.3) is 10.9 Å². The molecule has 1 aliphatic rings. The minimum absolute atomic E-state index is 0.130. The Kier molecular flexibility index (Phi) is 2.27. The molecular formula is C15H17NO2. The van der Waals surface area contributed by atoms with Gasteiger partial charge in [0.1, 0.15) is 0 Å². The van der Waals surface area contributed by atoms with Crippen LogP contribution in [0.5, 0.6) is 0 Å². The average molecular weight is 243 g/mol. The van der Waals surface area contributed by atoms with Crippen LogP contribution in [0.15, 0.2) is 18.2 Å². The lowest BCUT2D eigenvalue weighted by Gasteiger charge is -2.14. The zero-order valence-electron chi connectivity index (χ0n) is 10.7.